The zero-order valence-electron chi connectivity index (χ0n) is 19.6. The van der Waals surface area contributed by atoms with E-state index in [1.807, 2.05) is 6.07 Å². The molecule has 4 aliphatic carbocycles. The summed E-state index contributed by atoms with van der Waals surface area (Å²) < 4.78 is 0. The van der Waals surface area contributed by atoms with Crippen molar-refractivity contribution in [1.29, 1.82) is 0 Å². The van der Waals surface area contributed by atoms with Crippen LogP contribution in [0.1, 0.15) is 55.2 Å². The number of rotatable bonds is 4. The lowest BCUT2D eigenvalue weighted by Crippen LogP contribution is -2.69. The third-order valence-corrected chi connectivity index (χ3v) is 11.1. The summed E-state index contributed by atoms with van der Waals surface area (Å²) in [5.74, 6) is 3.06. The Morgan fingerprint density at radius 2 is 1.82 bits per heavy atom. The van der Waals surface area contributed by atoms with E-state index in [-0.39, 0.29) is 5.41 Å². The molecule has 2 heterocycles. The Balaban J connectivity index is 1.25. The highest BCUT2D eigenvalue weighted by molar-refractivity contribution is 5.54. The smallest absolute Gasteiger partial charge is 0.119 e. The zero-order valence-corrected chi connectivity index (χ0v) is 19.6. The number of phenolic OH excluding ortho intramolecular Hbond substituents is 1. The molecule has 33 heavy (non-hydrogen) atoms. The largest absolute Gasteiger partial charge is 0.508 e. The van der Waals surface area contributed by atoms with Crippen LogP contribution >= 0.6 is 0 Å². The second-order valence-electron chi connectivity index (χ2n) is 12.4. The predicted octanol–water partition coefficient (Wildman–Crippen LogP) is 4.97. The summed E-state index contributed by atoms with van der Waals surface area (Å²) in [6, 6.07) is 18.9. The fourth-order valence-corrected chi connectivity index (χ4v) is 10.1. The highest BCUT2D eigenvalue weighted by Crippen LogP contribution is 2.76. The lowest BCUT2D eigenvalue weighted by Gasteiger charge is -2.66. The Bertz CT molecular complexity index is 1100. The fourth-order valence-electron chi connectivity index (χ4n) is 10.1. The maximum atomic E-state index is 11.4. The number of nitrogens with zero attached hydrogens (tertiary/aromatic N) is 2. The topological polar surface area (TPSA) is 26.7 Å². The van der Waals surface area contributed by atoms with Gasteiger partial charge in [0.1, 0.15) is 5.75 Å². The Kier molecular flexibility index (Phi) is 3.91. The minimum absolute atomic E-state index is 0.190. The van der Waals surface area contributed by atoms with Gasteiger partial charge in [0.15, 0.2) is 0 Å². The molecule has 0 radical (unpaired) electrons. The molecule has 2 unspecified atom stereocenters. The van der Waals surface area contributed by atoms with Gasteiger partial charge in [-0.1, -0.05) is 42.5 Å². The molecule has 0 spiro atoms. The number of benzene rings is 2. The van der Waals surface area contributed by atoms with Crippen LogP contribution in [0.2, 0.25) is 0 Å². The van der Waals surface area contributed by atoms with Crippen LogP contribution in [0.5, 0.6) is 5.75 Å². The van der Waals surface area contributed by atoms with Crippen LogP contribution in [0.4, 0.5) is 0 Å². The van der Waals surface area contributed by atoms with Gasteiger partial charge in [-0.2, -0.15) is 0 Å². The monoisotopic (exact) mass is 440 g/mol. The van der Waals surface area contributed by atoms with Gasteiger partial charge in [-0.15, -0.1) is 0 Å². The van der Waals surface area contributed by atoms with Crippen LogP contribution in [0, 0.1) is 23.2 Å². The van der Waals surface area contributed by atoms with Gasteiger partial charge in [-0.3, -0.25) is 9.80 Å². The van der Waals surface area contributed by atoms with Crippen molar-refractivity contribution in [1.82, 2.24) is 9.80 Å². The van der Waals surface area contributed by atoms with Gasteiger partial charge in [0.2, 0.25) is 0 Å². The first-order valence-electron chi connectivity index (χ1n) is 13.5. The molecule has 0 aromatic heterocycles. The first kappa shape index (κ1) is 19.5. The number of hydrogen-bond donors (Lipinski definition) is 1. The van der Waals surface area contributed by atoms with E-state index in [1.165, 1.54) is 74.8 Å². The molecule has 0 amide bonds. The number of phenols is 1. The maximum absolute atomic E-state index is 11.4. The van der Waals surface area contributed by atoms with E-state index in [4.69, 9.17) is 0 Å². The van der Waals surface area contributed by atoms with Gasteiger partial charge in [0.25, 0.3) is 0 Å². The van der Waals surface area contributed by atoms with E-state index in [1.54, 1.807) is 0 Å². The molecule has 172 valence electrons. The molecule has 3 saturated carbocycles. The van der Waals surface area contributed by atoms with Crippen molar-refractivity contribution in [2.24, 2.45) is 23.2 Å². The summed E-state index contributed by atoms with van der Waals surface area (Å²) in [4.78, 5) is 5.77. The Hall–Kier alpha value is -1.84. The molecule has 4 bridgehead atoms. The zero-order chi connectivity index (χ0) is 21.8. The Labute approximate surface area is 197 Å². The molecule has 2 aliphatic heterocycles. The number of fused-ring (bicyclic) bond motifs is 1. The number of hydrogen-bond acceptors (Lipinski definition) is 3. The average Bonchev–Trinajstić information content (AvgIpc) is 3.53. The third-order valence-electron chi connectivity index (χ3n) is 11.1. The van der Waals surface area contributed by atoms with Crippen molar-refractivity contribution in [2.45, 2.75) is 69.0 Å². The standard InChI is InChI=1S/C30H36N2O/c33-25-8-4-7-22-15-26-29-12-11-24-27(23(16-29)19-32(24)18-20-5-2-1-3-6-20)30(29,28(22)25)13-14-31(26)17-21-9-10-21/h1-8,21,23-24,26-27,33H,9-19H2/t23-,24?,26-,27?,29-,30-/m1/s1. The van der Waals surface area contributed by atoms with E-state index in [0.717, 1.165) is 24.8 Å². The second-order valence-corrected chi connectivity index (χ2v) is 12.4. The minimum atomic E-state index is 0.190. The summed E-state index contributed by atoms with van der Waals surface area (Å²) in [6.45, 7) is 4.92. The van der Waals surface area contributed by atoms with Gasteiger partial charge < -0.3 is 5.11 Å². The third kappa shape index (κ3) is 2.43. The van der Waals surface area contributed by atoms with E-state index in [2.05, 4.69) is 52.3 Å². The van der Waals surface area contributed by atoms with Gasteiger partial charge in [0.05, 0.1) is 0 Å². The Morgan fingerprint density at radius 3 is 2.67 bits per heavy atom. The summed E-state index contributed by atoms with van der Waals surface area (Å²) in [7, 11) is 0. The molecular weight excluding hydrogens is 404 g/mol. The second kappa shape index (κ2) is 6.64. The SMILES string of the molecule is Oc1cccc2c1[C@]13CCN(CC4CC4)[C@H](C2)[C@]12CCC1C3[C@@H](CN1Cc1ccccc1)C2. The van der Waals surface area contributed by atoms with Crippen LogP contribution in [0.3, 0.4) is 0 Å². The molecule has 3 heteroatoms. The van der Waals surface area contributed by atoms with Crippen molar-refractivity contribution < 1.29 is 5.11 Å². The lowest BCUT2D eigenvalue weighted by molar-refractivity contribution is -0.106. The quantitative estimate of drug-likeness (QED) is 0.727. The van der Waals surface area contributed by atoms with E-state index >= 15 is 0 Å². The number of piperidine rings is 1. The van der Waals surface area contributed by atoms with Gasteiger partial charge >= 0.3 is 0 Å². The van der Waals surface area contributed by atoms with Crippen molar-refractivity contribution in [3.63, 3.8) is 0 Å². The van der Waals surface area contributed by atoms with Gasteiger partial charge in [0, 0.05) is 42.7 Å². The van der Waals surface area contributed by atoms with Crippen LogP contribution in [0.25, 0.3) is 0 Å². The van der Waals surface area contributed by atoms with Crippen molar-refractivity contribution >= 4 is 0 Å². The number of likely N-dealkylation sites (tertiary alicyclic amines) is 2. The van der Waals surface area contributed by atoms with Gasteiger partial charge in [-0.05, 0) is 91.9 Å². The summed E-state index contributed by atoms with van der Waals surface area (Å²) in [6.07, 6.45) is 9.41. The predicted molar refractivity (Wildman–Crippen MR) is 130 cm³/mol. The minimum Gasteiger partial charge on any atom is -0.508 e. The summed E-state index contributed by atoms with van der Waals surface area (Å²) in [5.41, 5.74) is 4.90. The normalized spacial score (nSPS) is 41.1. The molecule has 1 N–H and O–H groups in total. The lowest BCUT2D eigenvalue weighted by atomic mass is 9.43. The molecule has 8 rings (SSSR count). The molecule has 2 saturated heterocycles. The first-order valence-corrected chi connectivity index (χ1v) is 13.5. The van der Waals surface area contributed by atoms with Crippen molar-refractivity contribution in [3.05, 3.63) is 65.2 Å². The van der Waals surface area contributed by atoms with Crippen molar-refractivity contribution in [2.75, 3.05) is 19.6 Å². The molecule has 2 aromatic rings. The molecule has 6 aliphatic rings. The van der Waals surface area contributed by atoms with E-state index in [0.29, 0.717) is 29.2 Å². The van der Waals surface area contributed by atoms with Crippen LogP contribution in [-0.2, 0) is 18.4 Å². The molecule has 3 nitrogen and oxygen atoms in total. The Morgan fingerprint density at radius 1 is 0.939 bits per heavy atom. The summed E-state index contributed by atoms with van der Waals surface area (Å²) >= 11 is 0. The molecule has 5 fully saturated rings. The molecular formula is C30H36N2O. The van der Waals surface area contributed by atoms with Crippen LogP contribution in [0.15, 0.2) is 48.5 Å². The fraction of sp³-hybridized carbons (Fsp3) is 0.600. The average molecular weight is 441 g/mol. The number of aromatic hydroxyl groups is 1. The van der Waals surface area contributed by atoms with E-state index in [9.17, 15) is 5.11 Å². The van der Waals surface area contributed by atoms with E-state index < -0.39 is 0 Å². The molecule has 6 atom stereocenters. The maximum Gasteiger partial charge on any atom is 0.119 e. The van der Waals surface area contributed by atoms with Crippen LogP contribution < -0.4 is 0 Å². The highest BCUT2D eigenvalue weighted by atomic mass is 16.3. The molecule has 2 aromatic carbocycles. The van der Waals surface area contributed by atoms with Crippen molar-refractivity contribution in [3.8, 4) is 5.75 Å². The summed E-state index contributed by atoms with van der Waals surface area (Å²) in [5, 5.41) is 11.4. The van der Waals surface area contributed by atoms with Gasteiger partial charge in [-0.25, -0.2) is 0 Å². The highest BCUT2D eigenvalue weighted by Gasteiger charge is 2.76. The first-order chi connectivity index (χ1) is 16.2. The van der Waals surface area contributed by atoms with Crippen LogP contribution in [-0.4, -0.2) is 46.6 Å².